The molecule has 0 radical (unpaired) electrons. The number of para-hydroxylation sites is 1. The van der Waals surface area contributed by atoms with Crippen molar-refractivity contribution in [1.29, 1.82) is 0 Å². The van der Waals surface area contributed by atoms with Crippen LogP contribution in [-0.4, -0.2) is 50.7 Å². The van der Waals surface area contributed by atoms with Crippen LogP contribution in [0.2, 0.25) is 0 Å². The zero-order valence-electron chi connectivity index (χ0n) is 19.9. The van der Waals surface area contributed by atoms with Gasteiger partial charge in [-0.05, 0) is 74.4 Å². The highest BCUT2D eigenvalue weighted by Gasteiger charge is 2.31. The number of amides is 2. The SMILES string of the molecule is CCN(C(=O)CN1C(=O)CCCc2cc(S(=O)(=O)N3CCC(C)CC3)ccc21)c1ccccc1. The summed E-state index contributed by atoms with van der Waals surface area (Å²) in [6, 6.07) is 14.4. The number of rotatable bonds is 6. The number of sulfonamides is 1. The standard InChI is InChI=1S/C26H33N3O4S/c1-3-28(22-9-5-4-6-10-22)26(31)19-29-24-13-12-23(18-21(24)8-7-11-25(29)30)34(32,33)27-16-14-20(2)15-17-27/h4-6,9-10,12-13,18,20H,3,7-8,11,14-17,19H2,1-2H3. The minimum Gasteiger partial charge on any atom is -0.311 e. The monoisotopic (exact) mass is 483 g/mol. The summed E-state index contributed by atoms with van der Waals surface area (Å²) in [7, 11) is -3.58. The summed E-state index contributed by atoms with van der Waals surface area (Å²) in [4.78, 5) is 29.6. The average Bonchev–Trinajstić information content (AvgIpc) is 2.98. The van der Waals surface area contributed by atoms with E-state index in [9.17, 15) is 18.0 Å². The Morgan fingerprint density at radius 2 is 1.76 bits per heavy atom. The number of nitrogens with zero attached hydrogens (tertiary/aromatic N) is 3. The fourth-order valence-corrected chi connectivity index (χ4v) is 6.29. The van der Waals surface area contributed by atoms with E-state index in [-0.39, 0.29) is 23.3 Å². The van der Waals surface area contributed by atoms with Crippen molar-refractivity contribution in [3.05, 3.63) is 54.1 Å². The Morgan fingerprint density at radius 3 is 2.44 bits per heavy atom. The highest BCUT2D eigenvalue weighted by molar-refractivity contribution is 7.89. The molecule has 2 heterocycles. The number of anilines is 2. The minimum atomic E-state index is -3.58. The van der Waals surface area contributed by atoms with Gasteiger partial charge >= 0.3 is 0 Å². The summed E-state index contributed by atoms with van der Waals surface area (Å²) in [5, 5.41) is 0. The molecule has 8 heteroatoms. The van der Waals surface area contributed by atoms with Crippen LogP contribution in [-0.2, 0) is 26.0 Å². The maximum absolute atomic E-state index is 13.3. The van der Waals surface area contributed by atoms with Crippen molar-refractivity contribution in [2.75, 3.05) is 36.0 Å². The van der Waals surface area contributed by atoms with Crippen molar-refractivity contribution in [1.82, 2.24) is 4.31 Å². The van der Waals surface area contributed by atoms with E-state index in [1.807, 2.05) is 37.3 Å². The van der Waals surface area contributed by atoms with Crippen molar-refractivity contribution in [2.45, 2.75) is 50.8 Å². The Morgan fingerprint density at radius 1 is 1.06 bits per heavy atom. The first-order valence-electron chi connectivity index (χ1n) is 12.1. The average molecular weight is 484 g/mol. The lowest BCUT2D eigenvalue weighted by atomic mass is 10.0. The molecule has 2 aromatic rings. The molecule has 34 heavy (non-hydrogen) atoms. The molecule has 0 saturated carbocycles. The number of fused-ring (bicyclic) bond motifs is 1. The summed E-state index contributed by atoms with van der Waals surface area (Å²) in [5.74, 6) is 0.250. The molecule has 2 aromatic carbocycles. The van der Waals surface area contributed by atoms with E-state index < -0.39 is 10.0 Å². The molecule has 0 aromatic heterocycles. The fourth-order valence-electron chi connectivity index (χ4n) is 4.76. The summed E-state index contributed by atoms with van der Waals surface area (Å²) in [6.45, 7) is 5.53. The van der Waals surface area contributed by atoms with Gasteiger partial charge in [0.05, 0.1) is 4.90 Å². The van der Waals surface area contributed by atoms with Crippen LogP contribution in [0.25, 0.3) is 0 Å². The van der Waals surface area contributed by atoms with Gasteiger partial charge in [-0.1, -0.05) is 25.1 Å². The highest BCUT2D eigenvalue weighted by atomic mass is 32.2. The quantitative estimate of drug-likeness (QED) is 0.626. The normalized spacial score (nSPS) is 17.8. The van der Waals surface area contributed by atoms with Gasteiger partial charge < -0.3 is 9.80 Å². The van der Waals surface area contributed by atoms with Crippen LogP contribution in [0.3, 0.4) is 0 Å². The molecule has 0 bridgehead atoms. The van der Waals surface area contributed by atoms with E-state index in [1.165, 1.54) is 4.90 Å². The number of hydrogen-bond donors (Lipinski definition) is 0. The van der Waals surface area contributed by atoms with Crippen LogP contribution >= 0.6 is 0 Å². The third kappa shape index (κ3) is 5.03. The molecule has 1 fully saturated rings. The number of likely N-dealkylation sites (N-methyl/N-ethyl adjacent to an activating group) is 1. The minimum absolute atomic E-state index is 0.0787. The topological polar surface area (TPSA) is 78.0 Å². The van der Waals surface area contributed by atoms with Crippen LogP contribution in [0.5, 0.6) is 0 Å². The van der Waals surface area contributed by atoms with Crippen LogP contribution in [0, 0.1) is 5.92 Å². The third-order valence-electron chi connectivity index (χ3n) is 6.84. The first kappa shape index (κ1) is 24.4. The van der Waals surface area contributed by atoms with E-state index in [4.69, 9.17) is 0 Å². The highest BCUT2D eigenvalue weighted by Crippen LogP contribution is 2.32. The van der Waals surface area contributed by atoms with E-state index in [2.05, 4.69) is 6.92 Å². The Kier molecular flexibility index (Phi) is 7.38. The molecule has 0 aliphatic carbocycles. The number of piperidine rings is 1. The van der Waals surface area contributed by atoms with Gasteiger partial charge in [0.2, 0.25) is 21.8 Å². The van der Waals surface area contributed by atoms with Gasteiger partial charge in [-0.2, -0.15) is 4.31 Å². The van der Waals surface area contributed by atoms with Gasteiger partial charge in [0.15, 0.2) is 0 Å². The predicted molar refractivity (Wildman–Crippen MR) is 133 cm³/mol. The van der Waals surface area contributed by atoms with E-state index in [0.29, 0.717) is 50.5 Å². The zero-order valence-corrected chi connectivity index (χ0v) is 20.8. The lowest BCUT2D eigenvalue weighted by Crippen LogP contribution is -2.43. The molecule has 0 unspecified atom stereocenters. The van der Waals surface area contributed by atoms with Gasteiger partial charge in [-0.25, -0.2) is 8.42 Å². The molecule has 2 aliphatic rings. The summed E-state index contributed by atoms with van der Waals surface area (Å²) in [5.41, 5.74) is 2.22. The second-order valence-electron chi connectivity index (χ2n) is 9.18. The van der Waals surface area contributed by atoms with Crippen molar-refractivity contribution < 1.29 is 18.0 Å². The Labute approximate surface area is 202 Å². The number of carbonyl (C=O) groups is 2. The maximum atomic E-state index is 13.3. The smallest absolute Gasteiger partial charge is 0.247 e. The first-order valence-corrected chi connectivity index (χ1v) is 13.5. The van der Waals surface area contributed by atoms with E-state index >= 15 is 0 Å². The zero-order chi connectivity index (χ0) is 24.3. The maximum Gasteiger partial charge on any atom is 0.247 e. The molecule has 1 saturated heterocycles. The molecule has 2 aliphatic heterocycles. The fraction of sp³-hybridized carbons (Fsp3) is 0.462. The molecule has 7 nitrogen and oxygen atoms in total. The van der Waals surface area contributed by atoms with Crippen molar-refractivity contribution in [2.24, 2.45) is 5.92 Å². The van der Waals surface area contributed by atoms with E-state index in [0.717, 1.165) is 24.1 Å². The largest absolute Gasteiger partial charge is 0.311 e. The van der Waals surface area contributed by atoms with Crippen molar-refractivity contribution in [3.8, 4) is 0 Å². The Hall–Kier alpha value is -2.71. The van der Waals surface area contributed by atoms with Crippen LogP contribution in [0.1, 0.15) is 45.1 Å². The first-order chi connectivity index (χ1) is 16.3. The van der Waals surface area contributed by atoms with Crippen molar-refractivity contribution >= 4 is 33.2 Å². The number of carbonyl (C=O) groups excluding carboxylic acids is 2. The summed E-state index contributed by atoms with van der Waals surface area (Å²) >= 11 is 0. The third-order valence-corrected chi connectivity index (χ3v) is 8.73. The predicted octanol–water partition coefficient (Wildman–Crippen LogP) is 3.83. The molecule has 0 spiro atoms. The summed E-state index contributed by atoms with van der Waals surface area (Å²) in [6.07, 6.45) is 3.28. The molecule has 182 valence electrons. The van der Waals surface area contributed by atoms with Gasteiger partial charge in [-0.3, -0.25) is 9.59 Å². The molecule has 0 N–H and O–H groups in total. The number of hydrogen-bond acceptors (Lipinski definition) is 4. The van der Waals surface area contributed by atoms with Gasteiger partial charge in [0.1, 0.15) is 6.54 Å². The Bertz CT molecular complexity index is 1140. The van der Waals surface area contributed by atoms with Crippen LogP contribution in [0.4, 0.5) is 11.4 Å². The lowest BCUT2D eigenvalue weighted by molar-refractivity contribution is -0.122. The molecular weight excluding hydrogens is 450 g/mol. The van der Waals surface area contributed by atoms with Crippen molar-refractivity contribution in [3.63, 3.8) is 0 Å². The molecular formula is C26H33N3O4S. The second kappa shape index (κ2) is 10.3. The number of benzene rings is 2. The number of aryl methyl sites for hydroxylation is 1. The molecule has 0 atom stereocenters. The summed E-state index contributed by atoms with van der Waals surface area (Å²) < 4.78 is 28.1. The second-order valence-corrected chi connectivity index (χ2v) is 11.1. The van der Waals surface area contributed by atoms with Gasteiger partial charge in [0, 0.05) is 37.4 Å². The molecule has 4 rings (SSSR count). The Balaban J connectivity index is 1.60. The van der Waals surface area contributed by atoms with Gasteiger partial charge in [0.25, 0.3) is 0 Å². The van der Waals surface area contributed by atoms with Crippen LogP contribution < -0.4 is 9.80 Å². The lowest BCUT2D eigenvalue weighted by Gasteiger charge is -2.30. The molecule has 2 amide bonds. The van der Waals surface area contributed by atoms with Gasteiger partial charge in [-0.15, -0.1) is 0 Å². The van der Waals surface area contributed by atoms with Crippen LogP contribution in [0.15, 0.2) is 53.4 Å². The van der Waals surface area contributed by atoms with E-state index in [1.54, 1.807) is 27.4 Å².